The Bertz CT molecular complexity index is 2230. The Morgan fingerprint density at radius 2 is 1.80 bits per heavy atom. The third-order valence-corrected chi connectivity index (χ3v) is 13.6. The van der Waals surface area contributed by atoms with Gasteiger partial charge in [-0.05, 0) is 77.5 Å². The molecule has 7 rings (SSSR count). The van der Waals surface area contributed by atoms with E-state index in [4.69, 9.17) is 4.74 Å². The number of fused-ring (bicyclic) bond motifs is 3. The summed E-state index contributed by atoms with van der Waals surface area (Å²) in [5.41, 5.74) is 0.305. The van der Waals surface area contributed by atoms with Crippen LogP contribution in [0.3, 0.4) is 0 Å². The Labute approximate surface area is 324 Å². The molecule has 56 heavy (non-hydrogen) atoms. The molecule has 2 aliphatic carbocycles. The van der Waals surface area contributed by atoms with Crippen molar-refractivity contribution in [2.45, 2.75) is 107 Å². The number of amides is 4. The highest BCUT2D eigenvalue weighted by molar-refractivity contribution is 7.91. The number of benzene rings is 1. The molecule has 15 nitrogen and oxygen atoms in total. The lowest BCUT2D eigenvalue weighted by Crippen LogP contribution is -2.65. The van der Waals surface area contributed by atoms with E-state index in [1.165, 1.54) is 23.1 Å². The Morgan fingerprint density at radius 1 is 1.04 bits per heavy atom. The second-order valence-corrected chi connectivity index (χ2v) is 17.8. The topological polar surface area (TPSA) is 195 Å². The van der Waals surface area contributed by atoms with E-state index in [0.717, 1.165) is 18.5 Å². The molecule has 4 amide bonds. The molecule has 4 heterocycles. The van der Waals surface area contributed by atoms with Gasteiger partial charge in [0.05, 0.1) is 22.3 Å². The number of rotatable bonds is 7. The summed E-state index contributed by atoms with van der Waals surface area (Å²) in [5.74, 6) is -3.72. The maximum atomic E-state index is 14.7. The molecular formula is C39H47FN8O7S. The van der Waals surface area contributed by atoms with Crippen LogP contribution < -0.4 is 20.1 Å². The minimum atomic E-state index is -4.07. The molecule has 298 valence electrons. The van der Waals surface area contributed by atoms with Gasteiger partial charge in [0.2, 0.25) is 27.7 Å². The Balaban J connectivity index is 1.23. The van der Waals surface area contributed by atoms with Gasteiger partial charge < -0.3 is 20.3 Å². The van der Waals surface area contributed by atoms with Crippen molar-refractivity contribution < 1.29 is 36.7 Å². The fraction of sp³-hybridized carbons (Fsp3) is 0.513. The summed E-state index contributed by atoms with van der Waals surface area (Å²) in [7, 11) is -2.36. The molecule has 0 radical (unpaired) electrons. The molecule has 3 aromatic rings. The first kappa shape index (κ1) is 39.1. The number of aryl methyl sites for hydroxylation is 3. The molecule has 0 spiro atoms. The molecule has 2 fully saturated rings. The van der Waals surface area contributed by atoms with E-state index in [0.29, 0.717) is 36.9 Å². The third kappa shape index (κ3) is 7.64. The van der Waals surface area contributed by atoms with Crippen LogP contribution in [0.2, 0.25) is 0 Å². The van der Waals surface area contributed by atoms with Crippen LogP contribution in [-0.2, 0) is 31.5 Å². The van der Waals surface area contributed by atoms with Crippen LogP contribution in [0.5, 0.6) is 5.88 Å². The average molecular weight is 791 g/mol. The van der Waals surface area contributed by atoms with Crippen molar-refractivity contribution in [3.05, 3.63) is 71.5 Å². The molecule has 2 aliphatic heterocycles. The number of hydrogen-bond donors (Lipinski definition) is 3. The van der Waals surface area contributed by atoms with Crippen LogP contribution in [0.25, 0.3) is 11.0 Å². The van der Waals surface area contributed by atoms with Crippen molar-refractivity contribution in [1.82, 2.24) is 40.0 Å². The van der Waals surface area contributed by atoms with E-state index in [2.05, 4.69) is 30.4 Å². The SMILES string of the molecule is Cc1nc2ccc(F)cc2nc1O[C@@H]1C[C@H]2C(=O)N[C@]3(C(=O)NS(=O)(=O)C4(C)CC4)CC=CC3/C=C\CCCCC[C@H](NC(=O)c3cc(C)n(C)n3)C(=O)N2C1. The number of ether oxygens (including phenoxy) is 1. The van der Waals surface area contributed by atoms with Crippen molar-refractivity contribution in [2.75, 3.05) is 6.54 Å². The lowest BCUT2D eigenvalue weighted by molar-refractivity contribution is -0.142. The summed E-state index contributed by atoms with van der Waals surface area (Å²) < 4.78 is 49.8. The molecule has 0 bridgehead atoms. The van der Waals surface area contributed by atoms with Crippen LogP contribution in [-0.4, -0.2) is 91.7 Å². The van der Waals surface area contributed by atoms with Crippen molar-refractivity contribution in [3.8, 4) is 5.88 Å². The summed E-state index contributed by atoms with van der Waals surface area (Å²) in [6.45, 7) is 4.96. The van der Waals surface area contributed by atoms with Gasteiger partial charge in [-0.3, -0.25) is 28.6 Å². The van der Waals surface area contributed by atoms with Gasteiger partial charge >= 0.3 is 0 Å². The molecule has 1 unspecified atom stereocenters. The van der Waals surface area contributed by atoms with E-state index in [1.54, 1.807) is 50.7 Å². The van der Waals surface area contributed by atoms with Crippen molar-refractivity contribution >= 4 is 44.7 Å². The van der Waals surface area contributed by atoms with Crippen LogP contribution in [0.15, 0.2) is 48.6 Å². The van der Waals surface area contributed by atoms with E-state index >= 15 is 0 Å². The average Bonchev–Trinajstić information content (AvgIpc) is 3.42. The summed E-state index contributed by atoms with van der Waals surface area (Å²) in [6, 6.07) is 3.40. The smallest absolute Gasteiger partial charge is 0.272 e. The fourth-order valence-corrected chi connectivity index (χ4v) is 8.90. The molecule has 1 aromatic carbocycles. The van der Waals surface area contributed by atoms with Gasteiger partial charge in [-0.1, -0.05) is 37.1 Å². The number of allylic oxidation sites excluding steroid dienone is 1. The zero-order valence-corrected chi connectivity index (χ0v) is 32.7. The minimum Gasteiger partial charge on any atom is -0.471 e. The van der Waals surface area contributed by atoms with Gasteiger partial charge in [0, 0.05) is 31.1 Å². The van der Waals surface area contributed by atoms with Crippen molar-refractivity contribution in [2.24, 2.45) is 13.0 Å². The van der Waals surface area contributed by atoms with Crippen LogP contribution in [0, 0.1) is 25.6 Å². The first-order valence-electron chi connectivity index (χ1n) is 19.0. The number of carbonyl (C=O) groups excluding carboxylic acids is 4. The molecule has 1 saturated carbocycles. The lowest BCUT2D eigenvalue weighted by Gasteiger charge is -2.36. The molecular weight excluding hydrogens is 744 g/mol. The largest absolute Gasteiger partial charge is 0.471 e. The predicted octanol–water partition coefficient (Wildman–Crippen LogP) is 3.22. The molecule has 3 N–H and O–H groups in total. The van der Waals surface area contributed by atoms with E-state index in [-0.39, 0.29) is 42.9 Å². The van der Waals surface area contributed by atoms with E-state index in [9.17, 15) is 32.0 Å². The second kappa shape index (κ2) is 15.0. The molecule has 2 aromatic heterocycles. The third-order valence-electron chi connectivity index (χ3n) is 11.5. The molecule has 5 atom stereocenters. The lowest BCUT2D eigenvalue weighted by atomic mass is 9.84. The number of hydrogen-bond acceptors (Lipinski definition) is 10. The Hall–Kier alpha value is -5.19. The second-order valence-electron chi connectivity index (χ2n) is 15.6. The van der Waals surface area contributed by atoms with E-state index in [1.807, 2.05) is 12.2 Å². The number of nitrogens with one attached hydrogen (secondary N) is 3. The summed E-state index contributed by atoms with van der Waals surface area (Å²) in [4.78, 5) is 67.4. The Kier molecular flexibility index (Phi) is 10.5. The summed E-state index contributed by atoms with van der Waals surface area (Å²) in [6.07, 6.45) is 10.2. The highest BCUT2D eigenvalue weighted by atomic mass is 32.2. The molecule has 17 heteroatoms. The predicted molar refractivity (Wildman–Crippen MR) is 203 cm³/mol. The maximum absolute atomic E-state index is 14.7. The summed E-state index contributed by atoms with van der Waals surface area (Å²) >= 11 is 0. The first-order valence-corrected chi connectivity index (χ1v) is 20.5. The quantitative estimate of drug-likeness (QED) is 0.299. The summed E-state index contributed by atoms with van der Waals surface area (Å²) in [5, 5.41) is 10.1. The maximum Gasteiger partial charge on any atom is 0.272 e. The van der Waals surface area contributed by atoms with Gasteiger partial charge in [-0.25, -0.2) is 22.8 Å². The van der Waals surface area contributed by atoms with E-state index < -0.39 is 73.9 Å². The van der Waals surface area contributed by atoms with Gasteiger partial charge in [0.15, 0.2) is 0 Å². The van der Waals surface area contributed by atoms with Gasteiger partial charge in [-0.15, -0.1) is 0 Å². The van der Waals surface area contributed by atoms with Crippen LogP contribution in [0.1, 0.15) is 86.6 Å². The molecule has 4 aliphatic rings. The standard InChI is InChI=1S/C39H47FN8O7S/c1-23-19-31(45-47(23)4)33(49)42-29-13-9-7-5-6-8-11-25-12-10-16-39(25,37(52)46-56(53,54)38(3)17-18-38)44-34(50)32-21-27(22-48(32)36(29)51)55-35-24(2)41-28-15-14-26(40)20-30(28)43-35/h8,10-12,14-15,19-20,25,27,29,32H,5-7,9,13,16-18,21-22H2,1-4H3,(H,42,49)(H,44,50)(H,46,52)/b11-8-/t25?,27-,29+,32+,39-/m1/s1. The van der Waals surface area contributed by atoms with Gasteiger partial charge in [0.1, 0.15) is 40.9 Å². The van der Waals surface area contributed by atoms with Crippen molar-refractivity contribution in [3.63, 3.8) is 0 Å². The first-order chi connectivity index (χ1) is 26.6. The van der Waals surface area contributed by atoms with Crippen LogP contribution >= 0.6 is 0 Å². The number of aromatic nitrogens is 4. The number of sulfonamides is 1. The highest BCUT2D eigenvalue weighted by Gasteiger charge is 2.55. The zero-order valence-electron chi connectivity index (χ0n) is 31.9. The van der Waals surface area contributed by atoms with Gasteiger partial charge in [0.25, 0.3) is 11.8 Å². The van der Waals surface area contributed by atoms with Crippen molar-refractivity contribution in [1.29, 1.82) is 0 Å². The minimum absolute atomic E-state index is 0.0109. The van der Waals surface area contributed by atoms with Crippen LogP contribution in [0.4, 0.5) is 4.39 Å². The van der Waals surface area contributed by atoms with Gasteiger partial charge in [-0.2, -0.15) is 5.10 Å². The monoisotopic (exact) mass is 790 g/mol. The fourth-order valence-electron chi connectivity index (χ4n) is 7.58. The highest BCUT2D eigenvalue weighted by Crippen LogP contribution is 2.43. The number of nitrogens with zero attached hydrogens (tertiary/aromatic N) is 5. The normalized spacial score (nSPS) is 27.1. The zero-order chi connectivity index (χ0) is 40.0. The Morgan fingerprint density at radius 3 is 2.54 bits per heavy atom. The number of halogens is 1. The molecule has 1 saturated heterocycles. The number of carbonyl (C=O) groups is 4.